The van der Waals surface area contributed by atoms with Gasteiger partial charge in [0.05, 0.1) is 6.61 Å². The molecule has 1 saturated heterocycles. The van der Waals surface area contributed by atoms with E-state index >= 15 is 0 Å². The van der Waals surface area contributed by atoms with Crippen LogP contribution in [-0.2, 0) is 4.74 Å². The minimum absolute atomic E-state index is 0.788. The average Bonchev–Trinajstić information content (AvgIpc) is 2.13. The summed E-state index contributed by atoms with van der Waals surface area (Å²) in [7, 11) is 2.21. The van der Waals surface area contributed by atoms with Crippen LogP contribution in [0.4, 0.5) is 0 Å². The van der Waals surface area contributed by atoms with E-state index in [-0.39, 0.29) is 0 Å². The van der Waals surface area contributed by atoms with E-state index in [0.29, 0.717) is 0 Å². The molecule has 2 nitrogen and oxygen atoms in total. The number of rotatable bonds is 5. The van der Waals surface area contributed by atoms with Crippen molar-refractivity contribution < 1.29 is 4.74 Å². The van der Waals surface area contributed by atoms with Gasteiger partial charge in [0.25, 0.3) is 0 Å². The fourth-order valence-corrected chi connectivity index (χ4v) is 1.91. The molecule has 0 saturated carbocycles. The lowest BCUT2D eigenvalue weighted by molar-refractivity contribution is 0.0660. The highest BCUT2D eigenvalue weighted by Crippen LogP contribution is 2.15. The Hall–Kier alpha value is -0.0800. The van der Waals surface area contributed by atoms with Crippen LogP contribution in [0.25, 0.3) is 0 Å². The normalized spacial score (nSPS) is 24.9. The van der Waals surface area contributed by atoms with Gasteiger partial charge in [-0.1, -0.05) is 13.3 Å². The molecule has 0 N–H and O–H groups in total. The highest BCUT2D eigenvalue weighted by molar-refractivity contribution is 4.69. The zero-order valence-electron chi connectivity index (χ0n) is 9.09. The van der Waals surface area contributed by atoms with Crippen molar-refractivity contribution in [2.75, 3.05) is 33.4 Å². The van der Waals surface area contributed by atoms with E-state index in [1.807, 2.05) is 0 Å². The molecular weight excluding hydrogens is 162 g/mol. The van der Waals surface area contributed by atoms with Gasteiger partial charge in [0, 0.05) is 13.2 Å². The van der Waals surface area contributed by atoms with Crippen LogP contribution in [0.3, 0.4) is 0 Å². The minimum atomic E-state index is 0.788. The number of piperidine rings is 1. The Balaban J connectivity index is 2.00. The number of hydrogen-bond donors (Lipinski definition) is 0. The van der Waals surface area contributed by atoms with Crippen molar-refractivity contribution in [3.05, 3.63) is 0 Å². The molecule has 0 aromatic carbocycles. The van der Waals surface area contributed by atoms with Crippen LogP contribution in [0.2, 0.25) is 0 Å². The quantitative estimate of drug-likeness (QED) is 0.608. The van der Waals surface area contributed by atoms with Crippen LogP contribution in [0.5, 0.6) is 0 Å². The van der Waals surface area contributed by atoms with Crippen molar-refractivity contribution in [3.63, 3.8) is 0 Å². The summed E-state index contributed by atoms with van der Waals surface area (Å²) in [5.41, 5.74) is 0. The zero-order chi connectivity index (χ0) is 9.52. The molecule has 0 aromatic rings. The van der Waals surface area contributed by atoms with Crippen molar-refractivity contribution in [3.8, 4) is 0 Å². The summed E-state index contributed by atoms with van der Waals surface area (Å²) in [6, 6.07) is 0. The number of unbranched alkanes of at least 4 members (excludes halogenated alkanes) is 1. The first-order valence-corrected chi connectivity index (χ1v) is 5.59. The lowest BCUT2D eigenvalue weighted by Gasteiger charge is -2.29. The molecule has 0 bridgehead atoms. The summed E-state index contributed by atoms with van der Waals surface area (Å²) < 4.78 is 5.64. The van der Waals surface area contributed by atoms with Crippen LogP contribution < -0.4 is 0 Å². The molecule has 1 aliphatic heterocycles. The second-order valence-corrected chi connectivity index (χ2v) is 4.20. The van der Waals surface area contributed by atoms with Crippen LogP contribution in [0, 0.1) is 5.92 Å². The predicted molar refractivity (Wildman–Crippen MR) is 55.9 cm³/mol. The van der Waals surface area contributed by atoms with Crippen molar-refractivity contribution in [1.29, 1.82) is 0 Å². The third kappa shape index (κ3) is 4.63. The molecule has 1 heterocycles. The first kappa shape index (κ1) is 11.0. The van der Waals surface area contributed by atoms with Crippen LogP contribution in [-0.4, -0.2) is 38.3 Å². The van der Waals surface area contributed by atoms with Crippen LogP contribution in [0.1, 0.15) is 32.6 Å². The van der Waals surface area contributed by atoms with E-state index in [9.17, 15) is 0 Å². The van der Waals surface area contributed by atoms with Gasteiger partial charge in [-0.25, -0.2) is 0 Å². The molecule has 13 heavy (non-hydrogen) atoms. The van der Waals surface area contributed by atoms with E-state index in [1.165, 1.54) is 38.8 Å². The van der Waals surface area contributed by atoms with Gasteiger partial charge < -0.3 is 9.64 Å². The molecule has 0 aliphatic carbocycles. The first-order valence-electron chi connectivity index (χ1n) is 5.59. The van der Waals surface area contributed by atoms with Gasteiger partial charge in [-0.15, -0.1) is 0 Å². The maximum Gasteiger partial charge on any atom is 0.0506 e. The summed E-state index contributed by atoms with van der Waals surface area (Å²) >= 11 is 0. The van der Waals surface area contributed by atoms with Crippen molar-refractivity contribution in [2.24, 2.45) is 5.92 Å². The van der Waals surface area contributed by atoms with Gasteiger partial charge >= 0.3 is 0 Å². The molecule has 0 aromatic heterocycles. The fourth-order valence-electron chi connectivity index (χ4n) is 1.91. The molecule has 0 unspecified atom stereocenters. The van der Waals surface area contributed by atoms with E-state index in [0.717, 1.165) is 19.1 Å². The third-order valence-corrected chi connectivity index (χ3v) is 2.72. The van der Waals surface area contributed by atoms with E-state index in [2.05, 4.69) is 18.9 Å². The fraction of sp³-hybridized carbons (Fsp3) is 1.00. The molecule has 78 valence electrons. The molecular formula is C11H23NO. The van der Waals surface area contributed by atoms with Gasteiger partial charge in [0.1, 0.15) is 0 Å². The van der Waals surface area contributed by atoms with E-state index < -0.39 is 0 Å². The molecule has 2 heteroatoms. The van der Waals surface area contributed by atoms with Crippen molar-refractivity contribution in [2.45, 2.75) is 32.6 Å². The van der Waals surface area contributed by atoms with Crippen molar-refractivity contribution >= 4 is 0 Å². The van der Waals surface area contributed by atoms with Gasteiger partial charge in [-0.05, 0) is 38.8 Å². The maximum atomic E-state index is 5.64. The summed E-state index contributed by atoms with van der Waals surface area (Å²) in [6.45, 7) is 6.64. The second-order valence-electron chi connectivity index (χ2n) is 4.20. The standard InChI is InChI=1S/C11H23NO/c1-3-4-8-13-10-11-6-5-7-12(2)9-11/h11H,3-10H2,1-2H3/t11-/m0/s1. The topological polar surface area (TPSA) is 12.5 Å². The number of hydrogen-bond acceptors (Lipinski definition) is 2. The summed E-state index contributed by atoms with van der Waals surface area (Å²) in [5, 5.41) is 0. The van der Waals surface area contributed by atoms with Crippen LogP contribution in [0.15, 0.2) is 0 Å². The van der Waals surface area contributed by atoms with Gasteiger partial charge in [0.15, 0.2) is 0 Å². The van der Waals surface area contributed by atoms with Gasteiger partial charge in [0.2, 0.25) is 0 Å². The Bertz CT molecular complexity index is 127. The lowest BCUT2D eigenvalue weighted by atomic mass is 10.00. The molecule has 0 radical (unpaired) electrons. The molecule has 1 atom stereocenters. The third-order valence-electron chi connectivity index (χ3n) is 2.72. The Morgan fingerprint density at radius 3 is 3.00 bits per heavy atom. The van der Waals surface area contributed by atoms with Crippen LogP contribution >= 0.6 is 0 Å². The molecule has 1 rings (SSSR count). The van der Waals surface area contributed by atoms with Gasteiger partial charge in [-0.3, -0.25) is 0 Å². The zero-order valence-corrected chi connectivity index (χ0v) is 9.09. The first-order chi connectivity index (χ1) is 6.33. The Morgan fingerprint density at radius 2 is 2.31 bits per heavy atom. The van der Waals surface area contributed by atoms with E-state index in [1.54, 1.807) is 0 Å². The lowest BCUT2D eigenvalue weighted by Crippen LogP contribution is -2.34. The smallest absolute Gasteiger partial charge is 0.0506 e. The summed E-state index contributed by atoms with van der Waals surface area (Å²) in [6.07, 6.45) is 5.15. The SMILES string of the molecule is CCCCOC[C@H]1CCCN(C)C1. The Kier molecular flexibility index (Phi) is 5.40. The van der Waals surface area contributed by atoms with E-state index in [4.69, 9.17) is 4.74 Å². The Labute approximate surface area is 82.3 Å². The maximum absolute atomic E-state index is 5.64. The summed E-state index contributed by atoms with van der Waals surface area (Å²) in [4.78, 5) is 2.41. The monoisotopic (exact) mass is 185 g/mol. The molecule has 1 fully saturated rings. The summed E-state index contributed by atoms with van der Waals surface area (Å²) in [5.74, 6) is 0.788. The number of ether oxygens (including phenoxy) is 1. The van der Waals surface area contributed by atoms with Gasteiger partial charge in [-0.2, -0.15) is 0 Å². The van der Waals surface area contributed by atoms with Crippen molar-refractivity contribution in [1.82, 2.24) is 4.90 Å². The number of nitrogens with zero attached hydrogens (tertiary/aromatic N) is 1. The predicted octanol–water partition coefficient (Wildman–Crippen LogP) is 2.14. The minimum Gasteiger partial charge on any atom is -0.381 e. The Morgan fingerprint density at radius 1 is 1.46 bits per heavy atom. The number of likely N-dealkylation sites (tertiary alicyclic amines) is 1. The second kappa shape index (κ2) is 6.39. The highest BCUT2D eigenvalue weighted by Gasteiger charge is 2.16. The molecule has 0 spiro atoms. The highest BCUT2D eigenvalue weighted by atomic mass is 16.5. The average molecular weight is 185 g/mol. The largest absolute Gasteiger partial charge is 0.381 e. The molecule has 1 aliphatic rings. The molecule has 0 amide bonds.